The molecule has 2 aromatic heterocycles. The van der Waals surface area contributed by atoms with Crippen molar-refractivity contribution in [3.8, 4) is 0 Å². The van der Waals surface area contributed by atoms with E-state index in [1.165, 1.54) is 4.88 Å². The van der Waals surface area contributed by atoms with Crippen molar-refractivity contribution >= 4 is 49.9 Å². The van der Waals surface area contributed by atoms with E-state index in [2.05, 4.69) is 38.5 Å². The first-order valence-corrected chi connectivity index (χ1v) is 8.43. The zero-order valence-electron chi connectivity index (χ0n) is 10.9. The fraction of sp³-hybridized carbons (Fsp3) is 0.286. The van der Waals surface area contributed by atoms with Gasteiger partial charge in [-0.1, -0.05) is 15.9 Å². The second-order valence-electron chi connectivity index (χ2n) is 4.55. The molecule has 20 heavy (non-hydrogen) atoms. The van der Waals surface area contributed by atoms with Gasteiger partial charge in [-0.05, 0) is 25.1 Å². The molecule has 0 spiro atoms. The maximum absolute atomic E-state index is 5.90. The minimum Gasteiger partial charge on any atom is -0.321 e. The zero-order valence-corrected chi connectivity index (χ0v) is 14.1. The van der Waals surface area contributed by atoms with Crippen LogP contribution in [0, 0.1) is 6.92 Å². The lowest BCUT2D eigenvalue weighted by Crippen LogP contribution is -2.05. The van der Waals surface area contributed by atoms with E-state index in [-0.39, 0.29) is 0 Å². The predicted octanol–water partition coefficient (Wildman–Crippen LogP) is 4.39. The number of halogens is 2. The molecule has 2 heterocycles. The third-order valence-electron chi connectivity index (χ3n) is 3.07. The van der Waals surface area contributed by atoms with E-state index < -0.39 is 0 Å². The Morgan fingerprint density at radius 1 is 1.40 bits per heavy atom. The Labute approximate surface area is 134 Å². The van der Waals surface area contributed by atoms with Crippen molar-refractivity contribution in [3.63, 3.8) is 0 Å². The van der Waals surface area contributed by atoms with Crippen molar-refractivity contribution < 1.29 is 0 Å². The Bertz CT molecular complexity index is 750. The molecule has 0 atom stereocenters. The van der Waals surface area contributed by atoms with Gasteiger partial charge in [0.25, 0.3) is 0 Å². The number of rotatable bonds is 4. The first kappa shape index (κ1) is 14.0. The number of alkyl halides is 1. The maximum atomic E-state index is 5.90. The fourth-order valence-corrected chi connectivity index (χ4v) is 3.51. The Morgan fingerprint density at radius 2 is 2.25 bits per heavy atom. The molecule has 0 saturated heterocycles. The molecule has 0 saturated carbocycles. The molecule has 1 aromatic carbocycles. The van der Waals surface area contributed by atoms with E-state index >= 15 is 0 Å². The van der Waals surface area contributed by atoms with Gasteiger partial charge < -0.3 is 4.57 Å². The third-order valence-corrected chi connectivity index (χ3v) is 4.65. The van der Waals surface area contributed by atoms with E-state index in [0.717, 1.165) is 39.3 Å². The predicted molar refractivity (Wildman–Crippen MR) is 87.8 cm³/mol. The molecule has 0 aliphatic carbocycles. The van der Waals surface area contributed by atoms with E-state index in [4.69, 9.17) is 16.6 Å². The third kappa shape index (κ3) is 2.75. The Balaban J connectivity index is 2.08. The summed E-state index contributed by atoms with van der Waals surface area (Å²) in [4.78, 5) is 10.4. The van der Waals surface area contributed by atoms with Gasteiger partial charge in [-0.25, -0.2) is 9.97 Å². The first-order valence-electron chi connectivity index (χ1n) is 6.29. The van der Waals surface area contributed by atoms with Crippen molar-refractivity contribution in [2.75, 3.05) is 5.88 Å². The molecule has 0 radical (unpaired) electrons. The van der Waals surface area contributed by atoms with Gasteiger partial charge >= 0.3 is 0 Å². The molecule has 0 fully saturated rings. The molecule has 0 bridgehead atoms. The van der Waals surface area contributed by atoms with Crippen molar-refractivity contribution in [1.82, 2.24) is 14.5 Å². The molecule has 3 aromatic rings. The lowest BCUT2D eigenvalue weighted by Gasteiger charge is -2.06. The van der Waals surface area contributed by atoms with Gasteiger partial charge in [-0.3, -0.25) is 0 Å². The van der Waals surface area contributed by atoms with Gasteiger partial charge in [0.05, 0.1) is 17.6 Å². The molecule has 0 aliphatic heterocycles. The average Bonchev–Trinajstić information content (AvgIpc) is 2.95. The molecule has 3 nitrogen and oxygen atoms in total. The molecule has 0 aliphatic rings. The van der Waals surface area contributed by atoms with Crippen LogP contribution in [0.2, 0.25) is 0 Å². The highest BCUT2D eigenvalue weighted by Crippen LogP contribution is 2.23. The number of hydrogen-bond acceptors (Lipinski definition) is 3. The molecule has 6 heteroatoms. The monoisotopic (exact) mass is 369 g/mol. The Kier molecular flexibility index (Phi) is 4.10. The quantitative estimate of drug-likeness (QED) is 0.638. The SMILES string of the molecule is Cc1cnc(Cn2c(CCCl)nc3cc(Br)ccc32)s1. The topological polar surface area (TPSA) is 30.7 Å². The fourth-order valence-electron chi connectivity index (χ4n) is 2.21. The molecule has 0 unspecified atom stereocenters. The van der Waals surface area contributed by atoms with Crippen molar-refractivity contribution in [3.05, 3.63) is 44.6 Å². The van der Waals surface area contributed by atoms with E-state index in [1.54, 1.807) is 11.3 Å². The Hall–Kier alpha value is -0.910. The number of aromatic nitrogens is 3. The van der Waals surface area contributed by atoms with Crippen LogP contribution in [-0.4, -0.2) is 20.4 Å². The van der Waals surface area contributed by atoms with Crippen LogP contribution < -0.4 is 0 Å². The minimum absolute atomic E-state index is 0.571. The number of benzene rings is 1. The zero-order chi connectivity index (χ0) is 14.1. The average molecular weight is 371 g/mol. The number of fused-ring (bicyclic) bond motifs is 1. The van der Waals surface area contributed by atoms with Crippen LogP contribution in [0.4, 0.5) is 0 Å². The first-order chi connectivity index (χ1) is 9.67. The highest BCUT2D eigenvalue weighted by atomic mass is 79.9. The standard InChI is InChI=1S/C14H13BrClN3S/c1-9-7-17-14(20-9)8-19-12-3-2-10(15)6-11(12)18-13(19)4-5-16/h2-3,6-7H,4-5,8H2,1H3. The van der Waals surface area contributed by atoms with Gasteiger partial charge in [0.2, 0.25) is 0 Å². The van der Waals surface area contributed by atoms with Gasteiger partial charge in [-0.15, -0.1) is 22.9 Å². The number of thiazole rings is 1. The molecule has 104 valence electrons. The van der Waals surface area contributed by atoms with Crippen molar-refractivity contribution in [2.45, 2.75) is 19.9 Å². The van der Waals surface area contributed by atoms with Crippen molar-refractivity contribution in [1.29, 1.82) is 0 Å². The van der Waals surface area contributed by atoms with Crippen LogP contribution in [0.1, 0.15) is 15.7 Å². The van der Waals surface area contributed by atoms with Gasteiger partial charge in [0.1, 0.15) is 10.8 Å². The molecule has 3 rings (SSSR count). The lowest BCUT2D eigenvalue weighted by atomic mass is 10.3. The summed E-state index contributed by atoms with van der Waals surface area (Å²) in [6, 6.07) is 6.17. The second-order valence-corrected chi connectivity index (χ2v) is 7.16. The van der Waals surface area contributed by atoms with Gasteiger partial charge in [0, 0.05) is 27.8 Å². The normalized spacial score (nSPS) is 11.3. The van der Waals surface area contributed by atoms with Crippen LogP contribution in [-0.2, 0) is 13.0 Å². The van der Waals surface area contributed by atoms with Crippen molar-refractivity contribution in [2.24, 2.45) is 0 Å². The summed E-state index contributed by atoms with van der Waals surface area (Å²) in [5.74, 6) is 1.59. The number of imidazole rings is 1. The van der Waals surface area contributed by atoms with Crippen LogP contribution in [0.15, 0.2) is 28.9 Å². The molecule has 0 amide bonds. The van der Waals surface area contributed by atoms with Crippen LogP contribution >= 0.6 is 38.9 Å². The van der Waals surface area contributed by atoms with Gasteiger partial charge in [-0.2, -0.15) is 0 Å². The summed E-state index contributed by atoms with van der Waals surface area (Å²) in [7, 11) is 0. The number of hydrogen-bond donors (Lipinski definition) is 0. The maximum Gasteiger partial charge on any atom is 0.113 e. The smallest absolute Gasteiger partial charge is 0.113 e. The summed E-state index contributed by atoms with van der Waals surface area (Å²) < 4.78 is 3.25. The molecule has 0 N–H and O–H groups in total. The number of nitrogens with zero attached hydrogens (tertiary/aromatic N) is 3. The highest BCUT2D eigenvalue weighted by Gasteiger charge is 2.12. The summed E-state index contributed by atoms with van der Waals surface area (Å²) in [6.45, 7) is 2.83. The van der Waals surface area contributed by atoms with Crippen LogP contribution in [0.25, 0.3) is 11.0 Å². The summed E-state index contributed by atoms with van der Waals surface area (Å²) in [5.41, 5.74) is 2.12. The van der Waals surface area contributed by atoms with Crippen LogP contribution in [0.3, 0.4) is 0 Å². The number of aryl methyl sites for hydroxylation is 2. The van der Waals surface area contributed by atoms with Crippen LogP contribution in [0.5, 0.6) is 0 Å². The van der Waals surface area contributed by atoms with Gasteiger partial charge in [0.15, 0.2) is 0 Å². The van der Waals surface area contributed by atoms with E-state index in [1.807, 2.05) is 18.3 Å². The molecular formula is C14H13BrClN3S. The minimum atomic E-state index is 0.571. The molecular weight excluding hydrogens is 358 g/mol. The second kappa shape index (κ2) is 5.84. The summed E-state index contributed by atoms with van der Waals surface area (Å²) >= 11 is 11.1. The Morgan fingerprint density at radius 3 is 2.95 bits per heavy atom. The summed E-state index contributed by atoms with van der Waals surface area (Å²) in [6.07, 6.45) is 2.68. The van der Waals surface area contributed by atoms with E-state index in [9.17, 15) is 0 Å². The largest absolute Gasteiger partial charge is 0.321 e. The summed E-state index contributed by atoms with van der Waals surface area (Å²) in [5, 5.41) is 1.10. The highest BCUT2D eigenvalue weighted by molar-refractivity contribution is 9.10. The lowest BCUT2D eigenvalue weighted by molar-refractivity contribution is 0.750. The van der Waals surface area contributed by atoms with E-state index in [0.29, 0.717) is 5.88 Å².